The predicted molar refractivity (Wildman–Crippen MR) is 75.1 cm³/mol. The number of benzene rings is 1. The number of hydrogen-bond donors (Lipinski definition) is 1. The molecule has 2 heteroatoms. The predicted octanol–water partition coefficient (Wildman–Crippen LogP) is 4.49. The van der Waals surface area contributed by atoms with Crippen molar-refractivity contribution in [2.75, 3.05) is 0 Å². The van der Waals surface area contributed by atoms with Gasteiger partial charge in [0.05, 0.1) is 5.56 Å². The van der Waals surface area contributed by atoms with Crippen LogP contribution in [0.3, 0.4) is 0 Å². The third-order valence-corrected chi connectivity index (χ3v) is 4.24. The average Bonchev–Trinajstić information content (AvgIpc) is 2.38. The first-order valence-corrected chi connectivity index (χ1v) is 6.79. The van der Waals surface area contributed by atoms with Crippen LogP contribution in [0.5, 0.6) is 0 Å². The molecule has 2 nitrogen and oxygen atoms in total. The van der Waals surface area contributed by atoms with Crippen LogP contribution in [-0.4, -0.2) is 11.1 Å². The molecule has 0 saturated carbocycles. The van der Waals surface area contributed by atoms with Gasteiger partial charge in [-0.25, -0.2) is 4.79 Å². The van der Waals surface area contributed by atoms with E-state index in [1.165, 1.54) is 0 Å². The summed E-state index contributed by atoms with van der Waals surface area (Å²) in [5, 5.41) is 9.10. The minimum Gasteiger partial charge on any atom is -0.478 e. The highest BCUT2D eigenvalue weighted by molar-refractivity contribution is 5.87. The number of carboxylic acids is 1. The molecule has 0 aromatic heterocycles. The Bertz CT molecular complexity index is 411. The maximum atomic E-state index is 11.1. The Hall–Kier alpha value is -1.31. The molecule has 18 heavy (non-hydrogen) atoms. The standard InChI is InChI=1S/C16H24O2/c1-5-10-16(4,12(3)6-2)14-9-7-8-13(11-14)15(17)18/h7-9,11-12H,5-6,10H2,1-4H3,(H,17,18)/t12-,16+/m0/s1. The van der Waals surface area contributed by atoms with E-state index in [1.54, 1.807) is 6.07 Å². The minimum absolute atomic E-state index is 0.0644. The van der Waals surface area contributed by atoms with Crippen LogP contribution >= 0.6 is 0 Å². The van der Waals surface area contributed by atoms with Crippen molar-refractivity contribution in [2.45, 2.75) is 52.4 Å². The smallest absolute Gasteiger partial charge is 0.335 e. The second kappa shape index (κ2) is 6.03. The monoisotopic (exact) mass is 248 g/mol. The van der Waals surface area contributed by atoms with Crippen molar-refractivity contribution in [3.63, 3.8) is 0 Å². The molecular weight excluding hydrogens is 224 g/mol. The number of hydrogen-bond acceptors (Lipinski definition) is 1. The van der Waals surface area contributed by atoms with Gasteiger partial charge >= 0.3 is 5.97 Å². The molecule has 0 unspecified atom stereocenters. The van der Waals surface area contributed by atoms with Gasteiger partial charge in [0.15, 0.2) is 0 Å². The van der Waals surface area contributed by atoms with Crippen molar-refractivity contribution in [3.8, 4) is 0 Å². The van der Waals surface area contributed by atoms with Gasteiger partial charge in [0.1, 0.15) is 0 Å². The largest absolute Gasteiger partial charge is 0.478 e. The van der Waals surface area contributed by atoms with Gasteiger partial charge in [-0.3, -0.25) is 0 Å². The van der Waals surface area contributed by atoms with E-state index >= 15 is 0 Å². The third kappa shape index (κ3) is 2.92. The SMILES string of the molecule is CCC[C@@](C)(c1cccc(C(=O)O)c1)[C@@H](C)CC. The Kier molecular flexibility index (Phi) is 4.94. The van der Waals surface area contributed by atoms with Crippen LogP contribution in [0.4, 0.5) is 0 Å². The van der Waals surface area contributed by atoms with Gasteiger partial charge in [0.2, 0.25) is 0 Å². The molecule has 0 aliphatic carbocycles. The normalized spacial score (nSPS) is 16.0. The summed E-state index contributed by atoms with van der Waals surface area (Å²) in [4.78, 5) is 11.1. The highest BCUT2D eigenvalue weighted by atomic mass is 16.4. The van der Waals surface area contributed by atoms with Crippen LogP contribution < -0.4 is 0 Å². The van der Waals surface area contributed by atoms with Crippen LogP contribution in [0.2, 0.25) is 0 Å². The van der Waals surface area contributed by atoms with E-state index in [-0.39, 0.29) is 5.41 Å². The molecule has 1 rings (SSSR count). The zero-order valence-electron chi connectivity index (χ0n) is 11.9. The van der Waals surface area contributed by atoms with E-state index in [9.17, 15) is 4.79 Å². The fourth-order valence-electron chi connectivity index (χ4n) is 2.65. The first kappa shape index (κ1) is 14.7. The van der Waals surface area contributed by atoms with Crippen LogP contribution in [0, 0.1) is 5.92 Å². The lowest BCUT2D eigenvalue weighted by molar-refractivity contribution is 0.0696. The summed E-state index contributed by atoms with van der Waals surface area (Å²) in [7, 11) is 0. The Morgan fingerprint density at radius 1 is 1.39 bits per heavy atom. The lowest BCUT2D eigenvalue weighted by Gasteiger charge is -2.36. The summed E-state index contributed by atoms with van der Waals surface area (Å²) in [6.07, 6.45) is 3.30. The summed E-state index contributed by atoms with van der Waals surface area (Å²) in [6, 6.07) is 7.42. The molecule has 1 aromatic carbocycles. The molecule has 0 aliphatic heterocycles. The zero-order valence-corrected chi connectivity index (χ0v) is 11.9. The van der Waals surface area contributed by atoms with Crippen LogP contribution in [0.25, 0.3) is 0 Å². The lowest BCUT2D eigenvalue weighted by Crippen LogP contribution is -2.30. The maximum Gasteiger partial charge on any atom is 0.335 e. The van der Waals surface area contributed by atoms with Crippen molar-refractivity contribution in [1.29, 1.82) is 0 Å². The highest BCUT2D eigenvalue weighted by Crippen LogP contribution is 2.38. The molecule has 100 valence electrons. The summed E-state index contributed by atoms with van der Waals surface area (Å²) in [6.45, 7) is 8.88. The van der Waals surface area contributed by atoms with Gasteiger partial charge in [-0.1, -0.05) is 52.7 Å². The average molecular weight is 248 g/mol. The molecule has 0 spiro atoms. The van der Waals surface area contributed by atoms with E-state index in [1.807, 2.05) is 12.1 Å². The first-order valence-electron chi connectivity index (χ1n) is 6.79. The van der Waals surface area contributed by atoms with Gasteiger partial charge < -0.3 is 5.11 Å². The Morgan fingerprint density at radius 3 is 2.56 bits per heavy atom. The van der Waals surface area contributed by atoms with Gasteiger partial charge in [-0.15, -0.1) is 0 Å². The molecule has 2 atom stereocenters. The number of rotatable bonds is 6. The summed E-state index contributed by atoms with van der Waals surface area (Å²) >= 11 is 0. The molecular formula is C16H24O2. The minimum atomic E-state index is -0.847. The topological polar surface area (TPSA) is 37.3 Å². The van der Waals surface area contributed by atoms with E-state index in [2.05, 4.69) is 33.8 Å². The van der Waals surface area contributed by atoms with Crippen molar-refractivity contribution in [1.82, 2.24) is 0 Å². The Labute approximate surface area is 110 Å². The van der Waals surface area contributed by atoms with Gasteiger partial charge in [0.25, 0.3) is 0 Å². The van der Waals surface area contributed by atoms with Gasteiger partial charge in [-0.05, 0) is 35.4 Å². The van der Waals surface area contributed by atoms with E-state index in [0.717, 1.165) is 24.8 Å². The molecule has 1 N–H and O–H groups in total. The van der Waals surface area contributed by atoms with Gasteiger partial charge in [0, 0.05) is 0 Å². The molecule has 0 aliphatic rings. The molecule has 0 radical (unpaired) electrons. The van der Waals surface area contributed by atoms with Crippen LogP contribution in [0.1, 0.15) is 62.9 Å². The van der Waals surface area contributed by atoms with Crippen molar-refractivity contribution in [3.05, 3.63) is 35.4 Å². The number of carboxylic acid groups (broad SMARTS) is 1. The number of aromatic carboxylic acids is 1. The second-order valence-electron chi connectivity index (χ2n) is 5.36. The quantitative estimate of drug-likeness (QED) is 0.805. The first-order chi connectivity index (χ1) is 8.45. The van der Waals surface area contributed by atoms with E-state index in [0.29, 0.717) is 11.5 Å². The Morgan fingerprint density at radius 2 is 2.06 bits per heavy atom. The molecule has 0 bridgehead atoms. The van der Waals surface area contributed by atoms with Crippen LogP contribution in [-0.2, 0) is 5.41 Å². The van der Waals surface area contributed by atoms with Gasteiger partial charge in [-0.2, -0.15) is 0 Å². The summed E-state index contributed by atoms with van der Waals surface area (Å²) in [5.41, 5.74) is 1.60. The highest BCUT2D eigenvalue weighted by Gasteiger charge is 2.31. The lowest BCUT2D eigenvalue weighted by atomic mass is 9.68. The van der Waals surface area contributed by atoms with Crippen molar-refractivity contribution >= 4 is 5.97 Å². The summed E-state index contributed by atoms with van der Waals surface area (Å²) < 4.78 is 0. The Balaban J connectivity index is 3.20. The van der Waals surface area contributed by atoms with Crippen LogP contribution in [0.15, 0.2) is 24.3 Å². The van der Waals surface area contributed by atoms with E-state index < -0.39 is 5.97 Å². The molecule has 0 saturated heterocycles. The third-order valence-electron chi connectivity index (χ3n) is 4.24. The fourth-order valence-corrected chi connectivity index (χ4v) is 2.65. The van der Waals surface area contributed by atoms with Crippen molar-refractivity contribution in [2.24, 2.45) is 5.92 Å². The maximum absolute atomic E-state index is 11.1. The summed E-state index contributed by atoms with van der Waals surface area (Å²) in [5.74, 6) is -0.304. The molecule has 0 fully saturated rings. The molecule has 0 amide bonds. The van der Waals surface area contributed by atoms with Crippen molar-refractivity contribution < 1.29 is 9.90 Å². The second-order valence-corrected chi connectivity index (χ2v) is 5.36. The number of carbonyl (C=O) groups is 1. The zero-order chi connectivity index (χ0) is 13.8. The molecule has 0 heterocycles. The van der Waals surface area contributed by atoms with E-state index in [4.69, 9.17) is 5.11 Å². The fraction of sp³-hybridized carbons (Fsp3) is 0.562. The molecule has 1 aromatic rings.